The first kappa shape index (κ1) is 17.0. The number of carbonyl (C=O) groups excluding carboxylic acids is 1. The van der Waals surface area contributed by atoms with Crippen LogP contribution in [0, 0.1) is 0 Å². The highest BCUT2D eigenvalue weighted by molar-refractivity contribution is 5.81. The van der Waals surface area contributed by atoms with Gasteiger partial charge in [0.1, 0.15) is 11.3 Å². The third-order valence-electron chi connectivity index (χ3n) is 3.49. The van der Waals surface area contributed by atoms with Crippen molar-refractivity contribution in [2.24, 2.45) is 0 Å². The molecule has 0 aliphatic carbocycles. The van der Waals surface area contributed by atoms with E-state index in [9.17, 15) is 9.59 Å². The van der Waals surface area contributed by atoms with Gasteiger partial charge in [0.25, 0.3) is 0 Å². The summed E-state index contributed by atoms with van der Waals surface area (Å²) >= 11 is 0. The topological polar surface area (TPSA) is 87.7 Å². The minimum atomic E-state index is -1.10. The fraction of sp³-hybridized carbons (Fsp3) is 0.467. The summed E-state index contributed by atoms with van der Waals surface area (Å²) in [6.45, 7) is 3.60. The first-order valence-electron chi connectivity index (χ1n) is 6.80. The number of hydrogen-bond donors (Lipinski definition) is 3. The molecule has 1 aromatic rings. The lowest BCUT2D eigenvalue weighted by atomic mass is 9.99. The fourth-order valence-corrected chi connectivity index (χ4v) is 1.73. The highest BCUT2D eigenvalue weighted by atomic mass is 16.5. The van der Waals surface area contributed by atoms with Crippen LogP contribution in [0.1, 0.15) is 25.8 Å². The SMILES string of the molecule is CCC(C)(NCC(=O)NCc1ccccc1OC)C(=O)O. The van der Waals surface area contributed by atoms with Crippen molar-refractivity contribution in [1.82, 2.24) is 10.6 Å². The van der Waals surface area contributed by atoms with Crippen molar-refractivity contribution in [2.75, 3.05) is 13.7 Å². The van der Waals surface area contributed by atoms with Crippen molar-refractivity contribution in [3.63, 3.8) is 0 Å². The first-order chi connectivity index (χ1) is 9.92. The Labute approximate surface area is 124 Å². The molecule has 0 heterocycles. The van der Waals surface area contributed by atoms with Crippen molar-refractivity contribution in [2.45, 2.75) is 32.4 Å². The van der Waals surface area contributed by atoms with E-state index in [1.54, 1.807) is 21.0 Å². The lowest BCUT2D eigenvalue weighted by Gasteiger charge is -2.24. The van der Waals surface area contributed by atoms with E-state index in [1.807, 2.05) is 24.3 Å². The summed E-state index contributed by atoms with van der Waals surface area (Å²) in [5.41, 5.74) is -0.230. The van der Waals surface area contributed by atoms with E-state index < -0.39 is 11.5 Å². The molecule has 3 N–H and O–H groups in total. The average Bonchev–Trinajstić information content (AvgIpc) is 2.50. The molecule has 6 heteroatoms. The minimum Gasteiger partial charge on any atom is -0.496 e. The van der Waals surface area contributed by atoms with Gasteiger partial charge in [-0.05, 0) is 19.4 Å². The number of ether oxygens (including phenoxy) is 1. The van der Waals surface area contributed by atoms with Gasteiger partial charge in [0, 0.05) is 12.1 Å². The van der Waals surface area contributed by atoms with Gasteiger partial charge in [-0.25, -0.2) is 0 Å². The molecule has 0 aromatic heterocycles. The number of hydrogen-bond acceptors (Lipinski definition) is 4. The zero-order chi connectivity index (χ0) is 15.9. The van der Waals surface area contributed by atoms with Crippen LogP contribution in [0.3, 0.4) is 0 Å². The predicted octanol–water partition coefficient (Wildman–Crippen LogP) is 1.15. The second-order valence-electron chi connectivity index (χ2n) is 4.93. The van der Waals surface area contributed by atoms with Crippen molar-refractivity contribution < 1.29 is 19.4 Å². The quantitative estimate of drug-likeness (QED) is 0.669. The van der Waals surface area contributed by atoms with Crippen LogP contribution in [0.2, 0.25) is 0 Å². The molecular formula is C15H22N2O4. The predicted molar refractivity (Wildman–Crippen MR) is 79.2 cm³/mol. The maximum absolute atomic E-state index is 11.8. The second-order valence-corrected chi connectivity index (χ2v) is 4.93. The number of carbonyl (C=O) groups is 2. The highest BCUT2D eigenvalue weighted by Crippen LogP contribution is 2.16. The first-order valence-corrected chi connectivity index (χ1v) is 6.80. The van der Waals surface area contributed by atoms with Gasteiger partial charge in [-0.2, -0.15) is 0 Å². The molecule has 0 radical (unpaired) electrons. The Hall–Kier alpha value is -2.08. The number of carboxylic acid groups (broad SMARTS) is 1. The Bertz CT molecular complexity index is 504. The van der Waals surface area contributed by atoms with Crippen molar-refractivity contribution in [1.29, 1.82) is 0 Å². The average molecular weight is 294 g/mol. The van der Waals surface area contributed by atoms with E-state index >= 15 is 0 Å². The van der Waals surface area contributed by atoms with E-state index in [4.69, 9.17) is 9.84 Å². The largest absolute Gasteiger partial charge is 0.496 e. The molecule has 0 fully saturated rings. The fourth-order valence-electron chi connectivity index (χ4n) is 1.73. The van der Waals surface area contributed by atoms with Gasteiger partial charge in [0.2, 0.25) is 5.91 Å². The number of nitrogens with one attached hydrogen (secondary N) is 2. The molecule has 0 bridgehead atoms. The van der Waals surface area contributed by atoms with Gasteiger partial charge in [-0.3, -0.25) is 14.9 Å². The van der Waals surface area contributed by atoms with Crippen molar-refractivity contribution >= 4 is 11.9 Å². The molecule has 0 aliphatic heterocycles. The van der Waals surface area contributed by atoms with E-state index in [1.165, 1.54) is 0 Å². The molecule has 1 unspecified atom stereocenters. The number of carboxylic acids is 1. The molecule has 1 amide bonds. The summed E-state index contributed by atoms with van der Waals surface area (Å²) in [6.07, 6.45) is 0.391. The zero-order valence-corrected chi connectivity index (χ0v) is 12.6. The number of para-hydroxylation sites is 1. The maximum atomic E-state index is 11.8. The summed E-state index contributed by atoms with van der Waals surface area (Å²) < 4.78 is 5.20. The van der Waals surface area contributed by atoms with Crippen LogP contribution in [0.5, 0.6) is 5.75 Å². The van der Waals surface area contributed by atoms with Crippen LogP contribution >= 0.6 is 0 Å². The molecule has 0 aliphatic rings. The molecule has 0 spiro atoms. The maximum Gasteiger partial charge on any atom is 0.323 e. The molecule has 1 atom stereocenters. The molecule has 21 heavy (non-hydrogen) atoms. The Kier molecular flexibility index (Phi) is 6.17. The molecule has 1 aromatic carbocycles. The number of aliphatic carboxylic acids is 1. The van der Waals surface area contributed by atoms with Crippen molar-refractivity contribution in [3.8, 4) is 5.75 Å². The molecular weight excluding hydrogens is 272 g/mol. The minimum absolute atomic E-state index is 0.0498. The number of rotatable bonds is 8. The summed E-state index contributed by atoms with van der Waals surface area (Å²) in [4.78, 5) is 22.9. The molecule has 6 nitrogen and oxygen atoms in total. The Balaban J connectivity index is 2.50. The van der Waals surface area contributed by atoms with Crippen LogP contribution in [0.25, 0.3) is 0 Å². The van der Waals surface area contributed by atoms with Gasteiger partial charge >= 0.3 is 5.97 Å². The number of methoxy groups -OCH3 is 1. The molecule has 0 saturated heterocycles. The van der Waals surface area contributed by atoms with Crippen molar-refractivity contribution in [3.05, 3.63) is 29.8 Å². The van der Waals surface area contributed by atoms with Crippen LogP contribution in [0.15, 0.2) is 24.3 Å². The van der Waals surface area contributed by atoms with Gasteiger partial charge < -0.3 is 15.2 Å². The lowest BCUT2D eigenvalue weighted by Crippen LogP contribution is -2.52. The molecule has 1 rings (SSSR count). The Morgan fingerprint density at radius 1 is 1.33 bits per heavy atom. The summed E-state index contributed by atoms with van der Waals surface area (Å²) in [5, 5.41) is 14.6. The lowest BCUT2D eigenvalue weighted by molar-refractivity contribution is -0.144. The summed E-state index contributed by atoms with van der Waals surface area (Å²) in [5.74, 6) is -0.529. The number of amides is 1. The molecule has 0 saturated carbocycles. The zero-order valence-electron chi connectivity index (χ0n) is 12.6. The van der Waals surface area contributed by atoms with E-state index in [-0.39, 0.29) is 12.5 Å². The Morgan fingerprint density at radius 3 is 2.57 bits per heavy atom. The molecule has 116 valence electrons. The van der Waals surface area contributed by atoms with Gasteiger partial charge in [0.05, 0.1) is 13.7 Å². The van der Waals surface area contributed by atoms with Crippen LogP contribution in [0.4, 0.5) is 0 Å². The normalized spacial score (nSPS) is 13.3. The second kappa shape index (κ2) is 7.64. The smallest absolute Gasteiger partial charge is 0.323 e. The van der Waals surface area contributed by atoms with Crippen LogP contribution in [-0.2, 0) is 16.1 Å². The number of benzene rings is 1. The van der Waals surface area contributed by atoms with Gasteiger partial charge in [0.15, 0.2) is 0 Å². The third-order valence-corrected chi connectivity index (χ3v) is 3.49. The third kappa shape index (κ3) is 4.75. The highest BCUT2D eigenvalue weighted by Gasteiger charge is 2.30. The van der Waals surface area contributed by atoms with E-state index in [0.717, 1.165) is 5.56 Å². The van der Waals surface area contributed by atoms with Gasteiger partial charge in [-0.15, -0.1) is 0 Å². The monoisotopic (exact) mass is 294 g/mol. The van der Waals surface area contributed by atoms with Crippen LogP contribution in [-0.4, -0.2) is 36.2 Å². The standard InChI is InChI=1S/C15H22N2O4/c1-4-15(2,14(19)20)17-10-13(18)16-9-11-7-5-6-8-12(11)21-3/h5-8,17H,4,9-10H2,1-3H3,(H,16,18)(H,19,20). The summed E-state index contributed by atoms with van der Waals surface area (Å²) in [6, 6.07) is 7.39. The van der Waals surface area contributed by atoms with E-state index in [0.29, 0.717) is 18.7 Å². The Morgan fingerprint density at radius 2 is 2.00 bits per heavy atom. The summed E-state index contributed by atoms with van der Waals surface area (Å²) in [7, 11) is 1.57. The van der Waals surface area contributed by atoms with Gasteiger partial charge in [-0.1, -0.05) is 25.1 Å². The van der Waals surface area contributed by atoms with E-state index in [2.05, 4.69) is 10.6 Å². The van der Waals surface area contributed by atoms with Crippen LogP contribution < -0.4 is 15.4 Å².